The monoisotopic (exact) mass is 398 g/mol. The van der Waals surface area contributed by atoms with Crippen LogP contribution in [-0.2, 0) is 16.1 Å². The maximum absolute atomic E-state index is 10.8. The predicted octanol–water partition coefficient (Wildman–Crippen LogP) is 1.17. The molecule has 0 atom stereocenters. The zero-order valence-corrected chi connectivity index (χ0v) is 16.6. The molecule has 0 saturated carbocycles. The number of aromatic nitrogens is 2. The second-order valence-electron chi connectivity index (χ2n) is 6.67. The minimum atomic E-state index is 0.372. The molecule has 1 saturated heterocycles. The lowest BCUT2D eigenvalue weighted by molar-refractivity contribution is -0.105. The first-order chi connectivity index (χ1) is 14.2. The summed E-state index contributed by atoms with van der Waals surface area (Å²) in [5.41, 5.74) is 1.56. The highest BCUT2D eigenvalue weighted by atomic mass is 16.5. The number of nitrogens with zero attached hydrogens (tertiary/aromatic N) is 5. The average Bonchev–Trinajstić information content (AvgIpc) is 3.15. The Bertz CT molecular complexity index is 822. The summed E-state index contributed by atoms with van der Waals surface area (Å²) in [5.74, 6) is 1.30. The molecule has 1 fully saturated rings. The number of hydrogen-bond acceptors (Lipinski definition) is 7. The van der Waals surface area contributed by atoms with E-state index >= 15 is 0 Å². The summed E-state index contributed by atoms with van der Waals surface area (Å²) >= 11 is 0. The van der Waals surface area contributed by atoms with Crippen LogP contribution in [0.5, 0.6) is 5.75 Å². The van der Waals surface area contributed by atoms with Gasteiger partial charge in [-0.1, -0.05) is 0 Å². The summed E-state index contributed by atoms with van der Waals surface area (Å²) in [6.45, 7) is 6.30. The number of piperazine rings is 1. The van der Waals surface area contributed by atoms with Crippen molar-refractivity contribution < 1.29 is 14.3 Å². The van der Waals surface area contributed by atoms with Gasteiger partial charge in [0.1, 0.15) is 29.8 Å². The van der Waals surface area contributed by atoms with Gasteiger partial charge in [-0.2, -0.15) is 10.4 Å². The van der Waals surface area contributed by atoms with Gasteiger partial charge in [0.25, 0.3) is 0 Å². The number of nitrogens with one attached hydrogen (secondary N) is 1. The normalized spacial score (nSPS) is 14.4. The largest absolute Gasteiger partial charge is 0.491 e. The van der Waals surface area contributed by atoms with Gasteiger partial charge < -0.3 is 19.7 Å². The lowest BCUT2D eigenvalue weighted by Crippen LogP contribution is -2.47. The van der Waals surface area contributed by atoms with Gasteiger partial charge in [-0.15, -0.1) is 0 Å². The van der Waals surface area contributed by atoms with Crippen LogP contribution in [0.2, 0.25) is 0 Å². The lowest BCUT2D eigenvalue weighted by Gasteiger charge is -2.36. The molecular formula is C20H26N6O3. The number of benzene rings is 1. The van der Waals surface area contributed by atoms with Gasteiger partial charge in [0.15, 0.2) is 0 Å². The highest BCUT2D eigenvalue weighted by Crippen LogP contribution is 2.21. The van der Waals surface area contributed by atoms with Crippen LogP contribution in [0.25, 0.3) is 0 Å². The summed E-state index contributed by atoms with van der Waals surface area (Å²) in [5, 5.41) is 15.9. The van der Waals surface area contributed by atoms with Crippen LogP contribution >= 0.6 is 0 Å². The fraction of sp³-hybridized carbons (Fsp3) is 0.450. The summed E-state index contributed by atoms with van der Waals surface area (Å²) < 4.78 is 12.3. The highest BCUT2D eigenvalue weighted by molar-refractivity contribution is 5.72. The van der Waals surface area contributed by atoms with Gasteiger partial charge in [-0.25, -0.2) is 4.68 Å². The van der Waals surface area contributed by atoms with E-state index in [1.54, 1.807) is 11.8 Å². The van der Waals surface area contributed by atoms with Crippen molar-refractivity contribution in [2.45, 2.75) is 6.54 Å². The molecule has 1 aromatic carbocycles. The molecule has 1 N–H and O–H groups in total. The molecule has 29 heavy (non-hydrogen) atoms. The quantitative estimate of drug-likeness (QED) is 0.474. The highest BCUT2D eigenvalue weighted by Gasteiger charge is 2.18. The molecule has 1 aliphatic heterocycles. The van der Waals surface area contributed by atoms with Gasteiger partial charge in [-0.05, 0) is 24.3 Å². The molecule has 1 amide bonds. The zero-order chi connectivity index (χ0) is 20.5. The van der Waals surface area contributed by atoms with Crippen LogP contribution in [0.3, 0.4) is 0 Å². The lowest BCUT2D eigenvalue weighted by atomic mass is 10.2. The smallest absolute Gasteiger partial charge is 0.212 e. The van der Waals surface area contributed by atoms with Crippen molar-refractivity contribution in [1.29, 1.82) is 5.26 Å². The molecule has 3 rings (SSSR count). The van der Waals surface area contributed by atoms with E-state index < -0.39 is 0 Å². The Labute approximate surface area is 170 Å². The number of nitriles is 1. The fourth-order valence-corrected chi connectivity index (χ4v) is 3.31. The van der Waals surface area contributed by atoms with E-state index in [9.17, 15) is 4.79 Å². The number of carbonyl (C=O) groups is 1. The second kappa shape index (κ2) is 10.5. The fourth-order valence-electron chi connectivity index (χ4n) is 3.31. The van der Waals surface area contributed by atoms with E-state index in [4.69, 9.17) is 14.7 Å². The molecule has 154 valence electrons. The van der Waals surface area contributed by atoms with Crippen molar-refractivity contribution in [3.8, 4) is 11.8 Å². The van der Waals surface area contributed by atoms with E-state index in [0.29, 0.717) is 37.5 Å². The summed E-state index contributed by atoms with van der Waals surface area (Å²) in [4.78, 5) is 15.5. The molecule has 9 heteroatoms. The van der Waals surface area contributed by atoms with Gasteiger partial charge in [0, 0.05) is 45.5 Å². The maximum atomic E-state index is 10.8. The average molecular weight is 398 g/mol. The van der Waals surface area contributed by atoms with Crippen LogP contribution in [-0.4, -0.2) is 74.1 Å². The Kier molecular flexibility index (Phi) is 7.44. The molecule has 1 aromatic heterocycles. The molecule has 9 nitrogen and oxygen atoms in total. The van der Waals surface area contributed by atoms with E-state index in [1.807, 2.05) is 18.2 Å². The Morgan fingerprint density at radius 3 is 2.59 bits per heavy atom. The second-order valence-corrected chi connectivity index (χ2v) is 6.67. The van der Waals surface area contributed by atoms with Crippen molar-refractivity contribution in [2.75, 3.05) is 63.3 Å². The molecule has 0 unspecified atom stereocenters. The number of carbonyl (C=O) groups excluding carboxylic acids is 1. The van der Waals surface area contributed by atoms with E-state index in [2.05, 4.69) is 32.3 Å². The van der Waals surface area contributed by atoms with Crippen molar-refractivity contribution in [3.63, 3.8) is 0 Å². The van der Waals surface area contributed by atoms with Crippen molar-refractivity contribution in [3.05, 3.63) is 36.0 Å². The topological polar surface area (TPSA) is 95.7 Å². The zero-order valence-electron chi connectivity index (χ0n) is 16.6. The van der Waals surface area contributed by atoms with Gasteiger partial charge in [0.05, 0.1) is 19.3 Å². The number of anilines is 2. The Morgan fingerprint density at radius 1 is 1.17 bits per heavy atom. The molecular weight excluding hydrogens is 372 g/mol. The molecule has 0 aliphatic carbocycles. The number of methoxy groups -OCH3 is 1. The Balaban J connectivity index is 1.47. The summed E-state index contributed by atoms with van der Waals surface area (Å²) in [7, 11) is 1.66. The number of ether oxygens (including phenoxy) is 2. The van der Waals surface area contributed by atoms with Crippen LogP contribution in [0.15, 0.2) is 30.5 Å². The van der Waals surface area contributed by atoms with Crippen molar-refractivity contribution in [1.82, 2.24) is 14.7 Å². The van der Waals surface area contributed by atoms with Crippen LogP contribution in [0.1, 0.15) is 5.56 Å². The molecule has 2 heterocycles. The minimum Gasteiger partial charge on any atom is -0.491 e. The maximum Gasteiger partial charge on any atom is 0.212 e. The van der Waals surface area contributed by atoms with E-state index in [0.717, 1.165) is 38.5 Å². The first kappa shape index (κ1) is 20.6. The SMILES string of the molecule is COCCOc1ccc(N2CCN(CCn3ncc(C#N)c3NC=O)CC2)cc1. The third-order valence-corrected chi connectivity index (χ3v) is 4.91. The first-order valence-electron chi connectivity index (χ1n) is 9.60. The molecule has 0 bridgehead atoms. The summed E-state index contributed by atoms with van der Waals surface area (Å²) in [6, 6.07) is 10.2. The van der Waals surface area contributed by atoms with Crippen LogP contribution in [0, 0.1) is 11.3 Å². The van der Waals surface area contributed by atoms with E-state index in [-0.39, 0.29) is 0 Å². The minimum absolute atomic E-state index is 0.372. The summed E-state index contributed by atoms with van der Waals surface area (Å²) in [6.07, 6.45) is 2.05. The Morgan fingerprint density at radius 2 is 1.93 bits per heavy atom. The number of rotatable bonds is 10. The van der Waals surface area contributed by atoms with Crippen LogP contribution in [0.4, 0.5) is 11.5 Å². The predicted molar refractivity (Wildman–Crippen MR) is 109 cm³/mol. The molecule has 0 spiro atoms. The van der Waals surface area contributed by atoms with Gasteiger partial charge >= 0.3 is 0 Å². The van der Waals surface area contributed by atoms with Gasteiger partial charge in [-0.3, -0.25) is 9.69 Å². The van der Waals surface area contributed by atoms with Crippen molar-refractivity contribution >= 4 is 17.9 Å². The number of hydrogen-bond donors (Lipinski definition) is 1. The van der Waals surface area contributed by atoms with E-state index in [1.165, 1.54) is 11.9 Å². The first-order valence-corrected chi connectivity index (χ1v) is 9.60. The molecule has 0 radical (unpaired) electrons. The number of amides is 1. The van der Waals surface area contributed by atoms with Gasteiger partial charge in [0.2, 0.25) is 6.41 Å². The molecule has 1 aliphatic rings. The molecule has 2 aromatic rings. The van der Waals surface area contributed by atoms with Crippen molar-refractivity contribution in [2.24, 2.45) is 0 Å². The Hall–Kier alpha value is -3.09. The third-order valence-electron chi connectivity index (χ3n) is 4.91. The third kappa shape index (κ3) is 5.47. The standard InChI is InChI=1S/C20H26N6O3/c1-28-12-13-29-19-4-2-18(3-5-19)25-9-6-24(7-10-25)8-11-26-20(22-16-27)17(14-21)15-23-26/h2-5,15-16H,6-13H2,1H3,(H,22,27). The van der Waals surface area contributed by atoms with Crippen LogP contribution < -0.4 is 15.0 Å².